The van der Waals surface area contributed by atoms with Crippen LogP contribution in [-0.2, 0) is 0 Å². The zero-order valence-electron chi connectivity index (χ0n) is 11.9. The fraction of sp³-hybridized carbons (Fsp3) is 0.917. The van der Waals surface area contributed by atoms with Crippen molar-refractivity contribution in [2.75, 3.05) is 0 Å². The smallest absolute Gasteiger partial charge is 0.316 e. The number of urea groups is 1. The van der Waals surface area contributed by atoms with E-state index >= 15 is 0 Å². The Labute approximate surface area is 105 Å². The Kier molecular flexibility index (Phi) is 5.42. The molecule has 0 rings (SSSR count). The van der Waals surface area contributed by atoms with Gasteiger partial charge in [-0.15, -0.1) is 0 Å². The minimum atomic E-state index is -0.731. The van der Waals surface area contributed by atoms with E-state index in [4.69, 9.17) is 11.5 Å². The summed E-state index contributed by atoms with van der Waals surface area (Å²) in [6.07, 6.45) is 0.835. The summed E-state index contributed by atoms with van der Waals surface area (Å²) in [6, 6.07) is -0.355. The quantitative estimate of drug-likeness (QED) is 0.546. The molecule has 0 aliphatic carbocycles. The fourth-order valence-electron chi connectivity index (χ4n) is 1.51. The van der Waals surface area contributed by atoms with Crippen molar-refractivity contribution in [1.29, 1.82) is 0 Å². The first-order chi connectivity index (χ1) is 7.42. The number of amides is 2. The van der Waals surface area contributed by atoms with Gasteiger partial charge in [0.1, 0.15) is 0 Å². The van der Waals surface area contributed by atoms with Gasteiger partial charge in [-0.05, 0) is 40.0 Å². The van der Waals surface area contributed by atoms with E-state index < -0.39 is 11.2 Å². The molecule has 0 spiro atoms. The highest BCUT2D eigenvalue weighted by atomic mass is 16.2. The van der Waals surface area contributed by atoms with Crippen molar-refractivity contribution < 1.29 is 4.79 Å². The number of carbonyl (C=O) groups excluding carboxylic acids is 1. The fourth-order valence-corrected chi connectivity index (χ4v) is 1.51. The van der Waals surface area contributed by atoms with Crippen LogP contribution >= 0.6 is 0 Å². The Hall–Kier alpha value is -0.810. The minimum absolute atomic E-state index is 0.0788. The third-order valence-corrected chi connectivity index (χ3v) is 2.35. The Morgan fingerprint density at radius 2 is 1.65 bits per heavy atom. The van der Waals surface area contributed by atoms with E-state index in [0.29, 0.717) is 5.92 Å². The SMILES string of the molecule is CC(C)CC(NC(=O)NC(C)(C)N)C(C)(C)N. The maximum atomic E-state index is 11.7. The first-order valence-corrected chi connectivity index (χ1v) is 6.08. The van der Waals surface area contributed by atoms with E-state index in [0.717, 1.165) is 6.42 Å². The lowest BCUT2D eigenvalue weighted by Gasteiger charge is -2.33. The summed E-state index contributed by atoms with van der Waals surface area (Å²) in [5.41, 5.74) is 10.6. The van der Waals surface area contributed by atoms with Gasteiger partial charge >= 0.3 is 6.03 Å². The van der Waals surface area contributed by atoms with Gasteiger partial charge in [-0.25, -0.2) is 4.79 Å². The van der Waals surface area contributed by atoms with Crippen molar-refractivity contribution in [3.05, 3.63) is 0 Å². The van der Waals surface area contributed by atoms with Crippen molar-refractivity contribution in [2.24, 2.45) is 17.4 Å². The Bertz CT molecular complexity index is 250. The molecule has 0 saturated carbocycles. The molecule has 102 valence electrons. The van der Waals surface area contributed by atoms with Crippen molar-refractivity contribution >= 4 is 6.03 Å². The van der Waals surface area contributed by atoms with Gasteiger partial charge in [-0.1, -0.05) is 13.8 Å². The monoisotopic (exact) mass is 244 g/mol. The van der Waals surface area contributed by atoms with Crippen LogP contribution < -0.4 is 22.1 Å². The first kappa shape index (κ1) is 16.2. The topological polar surface area (TPSA) is 93.2 Å². The average Bonchev–Trinajstić information content (AvgIpc) is 1.95. The van der Waals surface area contributed by atoms with Crippen LogP contribution in [0.15, 0.2) is 0 Å². The second kappa shape index (κ2) is 5.69. The maximum Gasteiger partial charge on any atom is 0.316 e. The summed E-state index contributed by atoms with van der Waals surface area (Å²) in [5, 5.41) is 5.56. The van der Waals surface area contributed by atoms with Gasteiger partial charge in [0, 0.05) is 11.6 Å². The molecule has 0 aromatic carbocycles. The summed E-state index contributed by atoms with van der Waals surface area (Å²) in [4.78, 5) is 11.7. The molecule has 0 aromatic heterocycles. The van der Waals surface area contributed by atoms with Gasteiger partial charge in [0.15, 0.2) is 0 Å². The molecule has 6 N–H and O–H groups in total. The predicted octanol–water partition coefficient (Wildman–Crippen LogP) is 1.13. The van der Waals surface area contributed by atoms with Gasteiger partial charge in [-0.2, -0.15) is 0 Å². The van der Waals surface area contributed by atoms with Crippen LogP contribution in [0.3, 0.4) is 0 Å². The van der Waals surface area contributed by atoms with Gasteiger partial charge in [0.2, 0.25) is 0 Å². The van der Waals surface area contributed by atoms with Crippen LogP contribution in [0.5, 0.6) is 0 Å². The number of nitrogens with one attached hydrogen (secondary N) is 2. The lowest BCUT2D eigenvalue weighted by atomic mass is 9.89. The largest absolute Gasteiger partial charge is 0.334 e. The van der Waals surface area contributed by atoms with Crippen molar-refractivity contribution in [1.82, 2.24) is 10.6 Å². The summed E-state index contributed by atoms with van der Waals surface area (Å²) in [7, 11) is 0. The van der Waals surface area contributed by atoms with Crippen LogP contribution in [0, 0.1) is 5.92 Å². The molecule has 0 saturated heterocycles. The van der Waals surface area contributed by atoms with E-state index in [9.17, 15) is 4.79 Å². The zero-order valence-corrected chi connectivity index (χ0v) is 11.9. The van der Waals surface area contributed by atoms with E-state index in [1.807, 2.05) is 13.8 Å². The molecule has 0 heterocycles. The molecule has 2 amide bonds. The Morgan fingerprint density at radius 3 is 1.94 bits per heavy atom. The third kappa shape index (κ3) is 7.99. The summed E-state index contributed by atoms with van der Waals surface area (Å²) in [6.45, 7) is 11.5. The third-order valence-electron chi connectivity index (χ3n) is 2.35. The minimum Gasteiger partial charge on any atom is -0.334 e. The molecule has 1 atom stereocenters. The Morgan fingerprint density at radius 1 is 1.18 bits per heavy atom. The molecule has 0 bridgehead atoms. The van der Waals surface area contributed by atoms with Gasteiger partial charge in [-0.3, -0.25) is 0 Å². The Balaban J connectivity index is 4.50. The second-order valence-corrected chi connectivity index (χ2v) is 6.32. The van der Waals surface area contributed by atoms with Gasteiger partial charge in [0.05, 0.1) is 5.66 Å². The lowest BCUT2D eigenvalue weighted by Crippen LogP contribution is -2.61. The number of rotatable bonds is 5. The van der Waals surface area contributed by atoms with Crippen molar-refractivity contribution in [3.63, 3.8) is 0 Å². The molecule has 5 heteroatoms. The molecule has 1 unspecified atom stereocenters. The van der Waals surface area contributed by atoms with Crippen LogP contribution in [0.4, 0.5) is 4.79 Å². The van der Waals surface area contributed by atoms with Crippen LogP contribution in [0.2, 0.25) is 0 Å². The molecule has 0 radical (unpaired) electrons. The van der Waals surface area contributed by atoms with Crippen LogP contribution in [-0.4, -0.2) is 23.3 Å². The second-order valence-electron chi connectivity index (χ2n) is 6.32. The number of nitrogens with two attached hydrogens (primary N) is 2. The molecule has 0 aromatic rings. The molecule has 5 nitrogen and oxygen atoms in total. The average molecular weight is 244 g/mol. The maximum absolute atomic E-state index is 11.7. The molecule has 0 aliphatic heterocycles. The summed E-state index contributed by atoms with van der Waals surface area (Å²) < 4.78 is 0. The van der Waals surface area contributed by atoms with Gasteiger partial charge in [0.25, 0.3) is 0 Å². The standard InChI is InChI=1S/C12H28N4O/c1-8(2)7-9(11(3,4)13)15-10(17)16-12(5,6)14/h8-9H,7,13-14H2,1-6H3,(H2,15,16,17). The summed E-state index contributed by atoms with van der Waals surface area (Å²) in [5.74, 6) is 0.467. The molecular weight excluding hydrogens is 216 g/mol. The number of hydrogen-bond donors (Lipinski definition) is 4. The normalized spacial score (nSPS) is 14.6. The van der Waals surface area contributed by atoms with E-state index in [-0.39, 0.29) is 12.1 Å². The lowest BCUT2D eigenvalue weighted by molar-refractivity contribution is 0.214. The van der Waals surface area contributed by atoms with E-state index in [1.165, 1.54) is 0 Å². The van der Waals surface area contributed by atoms with E-state index in [2.05, 4.69) is 24.5 Å². The molecule has 0 aliphatic rings. The van der Waals surface area contributed by atoms with E-state index in [1.54, 1.807) is 13.8 Å². The number of carbonyl (C=O) groups is 1. The van der Waals surface area contributed by atoms with Crippen LogP contribution in [0.1, 0.15) is 48.0 Å². The zero-order chi connectivity index (χ0) is 13.9. The number of hydrogen-bond acceptors (Lipinski definition) is 3. The molecular formula is C12H28N4O. The highest BCUT2D eigenvalue weighted by Crippen LogP contribution is 2.14. The first-order valence-electron chi connectivity index (χ1n) is 6.08. The highest BCUT2D eigenvalue weighted by molar-refractivity contribution is 5.75. The predicted molar refractivity (Wildman–Crippen MR) is 71.4 cm³/mol. The summed E-state index contributed by atoms with van der Waals surface area (Å²) >= 11 is 0. The van der Waals surface area contributed by atoms with Crippen molar-refractivity contribution in [2.45, 2.75) is 65.2 Å². The molecule has 0 fully saturated rings. The van der Waals surface area contributed by atoms with Gasteiger partial charge < -0.3 is 22.1 Å². The van der Waals surface area contributed by atoms with Crippen molar-refractivity contribution in [3.8, 4) is 0 Å². The molecule has 17 heavy (non-hydrogen) atoms. The van der Waals surface area contributed by atoms with Crippen LogP contribution in [0.25, 0.3) is 0 Å². The highest BCUT2D eigenvalue weighted by Gasteiger charge is 2.28.